The van der Waals surface area contributed by atoms with Crippen molar-refractivity contribution in [2.75, 3.05) is 6.61 Å². The zero-order chi connectivity index (χ0) is 15.5. The molecule has 1 aliphatic heterocycles. The van der Waals surface area contributed by atoms with Crippen molar-refractivity contribution in [3.05, 3.63) is 28.1 Å². The summed E-state index contributed by atoms with van der Waals surface area (Å²) < 4.78 is 15.8. The minimum Gasteiger partial charge on any atom is -0.463 e. The van der Waals surface area contributed by atoms with E-state index in [-0.39, 0.29) is 25.5 Å². The molecule has 0 aromatic carbocycles. The van der Waals surface area contributed by atoms with E-state index in [0.29, 0.717) is 6.42 Å². The smallest absolute Gasteiger partial charge is 0.437 e. The second-order valence-electron chi connectivity index (χ2n) is 4.56. The molecule has 2 aromatic rings. The van der Waals surface area contributed by atoms with Crippen LogP contribution in [-0.4, -0.2) is 34.4 Å². The van der Waals surface area contributed by atoms with Crippen LogP contribution in [0, 0.1) is 0 Å². The van der Waals surface area contributed by atoms with Gasteiger partial charge in [-0.1, -0.05) is 6.07 Å². The molecule has 8 nitrogen and oxygen atoms in total. The second-order valence-corrected chi connectivity index (χ2v) is 5.51. The highest BCUT2D eigenvalue weighted by Gasteiger charge is 2.30. The molecule has 116 valence electrons. The average Bonchev–Trinajstić information content (AvgIpc) is 3.20. The zero-order valence-electron chi connectivity index (χ0n) is 11.4. The van der Waals surface area contributed by atoms with E-state index in [1.807, 2.05) is 11.4 Å². The molecular formula is C13H12N2O6S. The van der Waals surface area contributed by atoms with Gasteiger partial charge in [0.1, 0.15) is 0 Å². The van der Waals surface area contributed by atoms with Gasteiger partial charge in [0.2, 0.25) is 6.10 Å². The fraction of sp³-hybridized carbons (Fsp3) is 0.385. The quantitative estimate of drug-likeness (QED) is 0.750. The number of thiophene rings is 1. The van der Waals surface area contributed by atoms with Crippen molar-refractivity contribution < 1.29 is 23.5 Å². The summed E-state index contributed by atoms with van der Waals surface area (Å²) in [5.41, 5.74) is 0. The van der Waals surface area contributed by atoms with Gasteiger partial charge in [0.25, 0.3) is 5.89 Å². The maximum atomic E-state index is 11.7. The van der Waals surface area contributed by atoms with E-state index in [9.17, 15) is 14.4 Å². The summed E-state index contributed by atoms with van der Waals surface area (Å²) in [5.74, 6) is -1.55. The number of hydrogen-bond donors (Lipinski definition) is 0. The van der Waals surface area contributed by atoms with Gasteiger partial charge in [0.05, 0.1) is 24.4 Å². The van der Waals surface area contributed by atoms with E-state index < -0.39 is 23.8 Å². The monoisotopic (exact) mass is 324 g/mol. The number of nitrogens with zero attached hydrogens (tertiary/aromatic N) is 2. The molecule has 2 aromatic heterocycles. The molecule has 22 heavy (non-hydrogen) atoms. The topological polar surface area (TPSA) is 101 Å². The largest absolute Gasteiger partial charge is 0.463 e. The SMILES string of the molecule is O=C(CCn1nc(-c2cccs2)oc1=O)OC1CCOC1=O. The van der Waals surface area contributed by atoms with Crippen molar-refractivity contribution in [2.24, 2.45) is 0 Å². The molecule has 3 heterocycles. The Morgan fingerprint density at radius 3 is 3.05 bits per heavy atom. The number of carbonyl (C=O) groups excluding carboxylic acids is 2. The molecule has 0 amide bonds. The summed E-state index contributed by atoms with van der Waals surface area (Å²) in [7, 11) is 0. The van der Waals surface area contributed by atoms with E-state index in [4.69, 9.17) is 13.9 Å². The Bertz CT molecular complexity index is 732. The van der Waals surface area contributed by atoms with Gasteiger partial charge in [-0.25, -0.2) is 9.59 Å². The molecule has 1 aliphatic rings. The predicted molar refractivity (Wildman–Crippen MR) is 74.1 cm³/mol. The van der Waals surface area contributed by atoms with E-state index in [1.165, 1.54) is 11.3 Å². The molecule has 0 spiro atoms. The van der Waals surface area contributed by atoms with Crippen LogP contribution in [0.3, 0.4) is 0 Å². The van der Waals surface area contributed by atoms with E-state index >= 15 is 0 Å². The van der Waals surface area contributed by atoms with Gasteiger partial charge in [0, 0.05) is 6.42 Å². The van der Waals surface area contributed by atoms with Crippen molar-refractivity contribution >= 4 is 23.3 Å². The maximum absolute atomic E-state index is 11.7. The average molecular weight is 324 g/mol. The van der Waals surface area contributed by atoms with Crippen LogP contribution in [-0.2, 0) is 25.6 Å². The lowest BCUT2D eigenvalue weighted by Crippen LogP contribution is -2.24. The second kappa shape index (κ2) is 6.14. The van der Waals surface area contributed by atoms with Crippen molar-refractivity contribution in [3.63, 3.8) is 0 Å². The highest BCUT2D eigenvalue weighted by Crippen LogP contribution is 2.21. The normalized spacial score (nSPS) is 17.5. The van der Waals surface area contributed by atoms with Crippen molar-refractivity contribution in [3.8, 4) is 10.8 Å². The third kappa shape index (κ3) is 3.08. The highest BCUT2D eigenvalue weighted by molar-refractivity contribution is 7.13. The molecule has 0 N–H and O–H groups in total. The van der Waals surface area contributed by atoms with E-state index in [1.54, 1.807) is 6.07 Å². The van der Waals surface area contributed by atoms with Crippen molar-refractivity contribution in [1.82, 2.24) is 9.78 Å². The summed E-state index contributed by atoms with van der Waals surface area (Å²) >= 11 is 1.39. The molecule has 1 atom stereocenters. The first-order chi connectivity index (χ1) is 10.6. The number of ether oxygens (including phenoxy) is 2. The van der Waals surface area contributed by atoms with Crippen molar-refractivity contribution in [2.45, 2.75) is 25.5 Å². The third-order valence-corrected chi connectivity index (χ3v) is 3.88. The minimum atomic E-state index is -0.844. The van der Waals surface area contributed by atoms with Gasteiger partial charge in [-0.2, -0.15) is 4.68 Å². The van der Waals surface area contributed by atoms with Crippen molar-refractivity contribution in [1.29, 1.82) is 0 Å². The lowest BCUT2D eigenvalue weighted by atomic mass is 10.3. The Labute approximate surface area is 128 Å². The first kappa shape index (κ1) is 14.5. The van der Waals surface area contributed by atoms with Crippen LogP contribution in [0.5, 0.6) is 0 Å². The molecule has 1 unspecified atom stereocenters. The standard InChI is InChI=1S/C13H12N2O6S/c16-10(20-8-4-6-19-12(8)17)3-5-15-13(18)21-11(14-15)9-2-1-7-22-9/h1-2,7-8H,3-6H2. The van der Waals surface area contributed by atoms with Crippen LogP contribution in [0.15, 0.2) is 26.7 Å². The van der Waals surface area contributed by atoms with Gasteiger partial charge in [-0.15, -0.1) is 16.4 Å². The third-order valence-electron chi connectivity index (χ3n) is 3.03. The van der Waals surface area contributed by atoms with Crippen LogP contribution < -0.4 is 5.76 Å². The first-order valence-corrected chi connectivity index (χ1v) is 7.49. The summed E-state index contributed by atoms with van der Waals surface area (Å²) in [6.07, 6.45) is -0.569. The number of aromatic nitrogens is 2. The Kier molecular flexibility index (Phi) is 4.05. The number of aryl methyl sites for hydroxylation is 1. The molecule has 0 aliphatic carbocycles. The van der Waals surface area contributed by atoms with Gasteiger partial charge >= 0.3 is 17.7 Å². The Morgan fingerprint density at radius 1 is 1.50 bits per heavy atom. The van der Waals surface area contributed by atoms with E-state index in [2.05, 4.69) is 5.10 Å². The summed E-state index contributed by atoms with van der Waals surface area (Å²) in [5, 5.41) is 5.86. The zero-order valence-corrected chi connectivity index (χ0v) is 12.2. The van der Waals surface area contributed by atoms with Gasteiger partial charge < -0.3 is 13.9 Å². The Hall–Kier alpha value is -2.42. The lowest BCUT2D eigenvalue weighted by Gasteiger charge is -2.07. The molecule has 1 saturated heterocycles. The fourth-order valence-corrected chi connectivity index (χ4v) is 2.59. The maximum Gasteiger partial charge on any atom is 0.437 e. The summed E-state index contributed by atoms with van der Waals surface area (Å²) in [6, 6.07) is 3.59. The van der Waals surface area contributed by atoms with Crippen LogP contribution in [0.25, 0.3) is 10.8 Å². The molecule has 9 heteroatoms. The molecule has 0 radical (unpaired) electrons. The van der Waals surface area contributed by atoms with Gasteiger partial charge in [-0.3, -0.25) is 4.79 Å². The molecule has 3 rings (SSSR count). The Morgan fingerprint density at radius 2 is 2.36 bits per heavy atom. The molecule has 1 fully saturated rings. The number of carbonyl (C=O) groups is 2. The van der Waals surface area contributed by atoms with E-state index in [0.717, 1.165) is 9.56 Å². The summed E-state index contributed by atoms with van der Waals surface area (Å²) in [6.45, 7) is 0.276. The number of cyclic esters (lactones) is 1. The van der Waals surface area contributed by atoms with Crippen LogP contribution in [0.4, 0.5) is 0 Å². The van der Waals surface area contributed by atoms with Gasteiger partial charge in [-0.05, 0) is 11.4 Å². The highest BCUT2D eigenvalue weighted by atomic mass is 32.1. The van der Waals surface area contributed by atoms with Crippen LogP contribution in [0.2, 0.25) is 0 Å². The lowest BCUT2D eigenvalue weighted by molar-refractivity contribution is -0.160. The molecule has 0 bridgehead atoms. The molecular weight excluding hydrogens is 312 g/mol. The van der Waals surface area contributed by atoms with Crippen LogP contribution >= 0.6 is 11.3 Å². The minimum absolute atomic E-state index is 0.0221. The number of rotatable bonds is 5. The first-order valence-electron chi connectivity index (χ1n) is 6.61. The Balaban J connectivity index is 1.58. The number of esters is 2. The fourth-order valence-electron chi connectivity index (χ4n) is 1.95. The predicted octanol–water partition coefficient (Wildman–Crippen LogP) is 0.814. The van der Waals surface area contributed by atoms with Crippen LogP contribution in [0.1, 0.15) is 12.8 Å². The molecule has 0 saturated carbocycles. The van der Waals surface area contributed by atoms with Gasteiger partial charge in [0.15, 0.2) is 0 Å². The number of hydrogen-bond acceptors (Lipinski definition) is 8. The summed E-state index contributed by atoms with van der Waals surface area (Å²) in [4.78, 5) is 35.2.